The van der Waals surface area contributed by atoms with E-state index in [1.54, 1.807) is 15.2 Å². The van der Waals surface area contributed by atoms with E-state index in [4.69, 9.17) is 32.4 Å². The van der Waals surface area contributed by atoms with Crippen LogP contribution in [-0.4, -0.2) is 74.2 Å². The molecule has 2 unspecified atom stereocenters. The van der Waals surface area contributed by atoms with E-state index in [-0.39, 0.29) is 18.0 Å². The molecule has 0 saturated carbocycles. The number of fused-ring (bicyclic) bond motifs is 6. The van der Waals surface area contributed by atoms with Gasteiger partial charge in [-0.1, -0.05) is 72.8 Å². The third-order valence-electron chi connectivity index (χ3n) is 13.8. The van der Waals surface area contributed by atoms with Gasteiger partial charge in [-0.2, -0.15) is 24.5 Å². The molecule has 15 heteroatoms. The van der Waals surface area contributed by atoms with Crippen LogP contribution in [0.25, 0.3) is 56.1 Å². The van der Waals surface area contributed by atoms with E-state index in [0.29, 0.717) is 35.6 Å². The van der Waals surface area contributed by atoms with Crippen LogP contribution in [0.5, 0.6) is 0 Å². The maximum Gasteiger partial charge on any atom is 0.209 e. The molecule has 4 saturated heterocycles. The lowest BCUT2D eigenvalue weighted by Crippen LogP contribution is -2.49. The molecule has 0 amide bonds. The molecule has 0 spiro atoms. The van der Waals surface area contributed by atoms with Crippen molar-refractivity contribution in [2.24, 2.45) is 10.7 Å². The first-order valence-corrected chi connectivity index (χ1v) is 22.5. The zero-order valence-corrected chi connectivity index (χ0v) is 35.8. The smallest absolute Gasteiger partial charge is 0.209 e. The molecule has 0 aliphatic carbocycles. The average Bonchev–Trinajstić information content (AvgIpc) is 4.13. The number of hydrogen-bond acceptors (Lipinski definition) is 11. The molecule has 2 aromatic carbocycles. The zero-order chi connectivity index (χ0) is 44.0. The Labute approximate surface area is 376 Å². The van der Waals surface area contributed by atoms with Crippen molar-refractivity contribution in [2.75, 3.05) is 11.5 Å². The van der Waals surface area contributed by atoms with Gasteiger partial charge in [-0.05, 0) is 63.5 Å². The van der Waals surface area contributed by atoms with E-state index in [1.165, 1.54) is 12.8 Å². The molecule has 4 fully saturated rings. The molecule has 65 heavy (non-hydrogen) atoms. The summed E-state index contributed by atoms with van der Waals surface area (Å²) >= 11 is 0. The van der Waals surface area contributed by atoms with E-state index in [0.717, 1.165) is 106 Å². The van der Waals surface area contributed by atoms with Crippen LogP contribution in [0.4, 0.5) is 11.6 Å². The highest BCUT2D eigenvalue weighted by Crippen LogP contribution is 2.43. The van der Waals surface area contributed by atoms with Gasteiger partial charge in [0, 0.05) is 105 Å². The van der Waals surface area contributed by atoms with Crippen LogP contribution in [0.3, 0.4) is 0 Å². The second kappa shape index (κ2) is 16.8. The van der Waals surface area contributed by atoms with Gasteiger partial charge in [0.15, 0.2) is 11.3 Å². The lowest BCUT2D eigenvalue weighted by molar-refractivity contribution is 0.210. The number of aliphatic imine (C=N–C) groups is 1. The van der Waals surface area contributed by atoms with Gasteiger partial charge in [0.1, 0.15) is 11.6 Å². The van der Waals surface area contributed by atoms with Crippen LogP contribution in [-0.2, 0) is 0 Å². The van der Waals surface area contributed by atoms with Crippen molar-refractivity contribution in [3.05, 3.63) is 133 Å². The van der Waals surface area contributed by atoms with Crippen LogP contribution in [0.15, 0.2) is 127 Å². The van der Waals surface area contributed by atoms with Gasteiger partial charge < -0.3 is 27.4 Å². The summed E-state index contributed by atoms with van der Waals surface area (Å²) in [4.78, 5) is 25.3. The monoisotopic (exact) mass is 859 g/mol. The lowest BCUT2D eigenvalue weighted by Gasteiger charge is -2.39. The minimum absolute atomic E-state index is 0.257. The number of nitrogen functional groups attached to an aromatic ring is 2. The molecular weight excluding hydrogens is 811 g/mol. The highest BCUT2D eigenvalue weighted by molar-refractivity contribution is 5.81. The number of nitrogens with one attached hydrogen (secondary N) is 1. The number of pyridine rings is 2. The lowest BCUT2D eigenvalue weighted by atomic mass is 9.88. The first-order chi connectivity index (χ1) is 31.9. The van der Waals surface area contributed by atoms with Crippen LogP contribution < -0.4 is 22.5 Å². The van der Waals surface area contributed by atoms with Crippen LogP contribution in [0.2, 0.25) is 0 Å². The molecular formula is C50H49N15. The van der Waals surface area contributed by atoms with Crippen LogP contribution in [0, 0.1) is 11.5 Å². The summed E-state index contributed by atoms with van der Waals surface area (Å²) in [5.74, 6) is 2.24. The number of nitrogens with zero attached hydrogens (tertiary/aromatic N) is 11. The number of hydrogen-bond donors (Lipinski definition) is 4. The number of guanidine groups is 1. The first kappa shape index (κ1) is 40.1. The fourth-order valence-electron chi connectivity index (χ4n) is 10.7. The topological polar surface area (TPSA) is 216 Å². The van der Waals surface area contributed by atoms with Crippen molar-refractivity contribution in [2.45, 2.75) is 87.4 Å². The number of rotatable bonds is 6. The molecule has 0 radical (unpaired) electrons. The molecule has 8 aromatic rings. The van der Waals surface area contributed by atoms with E-state index >= 15 is 0 Å². The number of nitriles is 1. The van der Waals surface area contributed by atoms with Crippen molar-refractivity contribution in [3.8, 4) is 51.0 Å². The van der Waals surface area contributed by atoms with E-state index in [2.05, 4.69) is 53.6 Å². The summed E-state index contributed by atoms with van der Waals surface area (Å²) in [5, 5.41) is 21.6. The SMILES string of the molecule is N#CN=C(N)N1[C@@H]2CC[C@H]1CC(c1cc(N)n3ncc(-c4ccc(-c5ccccc5)nc4)c3n1)C2.Nc1cc(C2C[C@H]3CC[C@@H](C2)N3)nc2c(-c3ccc(-c4ccccc4)nc3)cnn12. The van der Waals surface area contributed by atoms with Gasteiger partial charge >= 0.3 is 0 Å². The predicted molar refractivity (Wildman–Crippen MR) is 252 cm³/mol. The summed E-state index contributed by atoms with van der Waals surface area (Å²) in [6.45, 7) is 0. The fraction of sp³-hybridized carbons (Fsp3) is 0.280. The average molecular weight is 860 g/mol. The van der Waals surface area contributed by atoms with E-state index in [9.17, 15) is 0 Å². The minimum atomic E-state index is 0.257. The first-order valence-electron chi connectivity index (χ1n) is 22.5. The molecule has 12 rings (SSSR count). The number of benzene rings is 2. The number of anilines is 2. The second-order valence-corrected chi connectivity index (χ2v) is 17.7. The van der Waals surface area contributed by atoms with Gasteiger partial charge in [0.25, 0.3) is 0 Å². The molecule has 4 bridgehead atoms. The molecule has 6 aromatic heterocycles. The number of nitrogens with two attached hydrogens (primary N) is 3. The fourth-order valence-corrected chi connectivity index (χ4v) is 10.7. The third-order valence-corrected chi connectivity index (χ3v) is 13.8. The quantitative estimate of drug-likeness (QED) is 0.0723. The van der Waals surface area contributed by atoms with Crippen molar-refractivity contribution >= 4 is 28.9 Å². The van der Waals surface area contributed by atoms with Gasteiger partial charge in [-0.25, -0.2) is 9.97 Å². The molecule has 6 atom stereocenters. The molecule has 7 N–H and O–H groups in total. The summed E-state index contributed by atoms with van der Waals surface area (Å²) in [6, 6.07) is 34.2. The Morgan fingerprint density at radius 3 is 1.52 bits per heavy atom. The van der Waals surface area contributed by atoms with Gasteiger partial charge in [-0.3, -0.25) is 9.97 Å². The highest BCUT2D eigenvalue weighted by atomic mass is 15.3. The summed E-state index contributed by atoms with van der Waals surface area (Å²) < 4.78 is 3.42. The Morgan fingerprint density at radius 2 is 1.08 bits per heavy atom. The summed E-state index contributed by atoms with van der Waals surface area (Å²) in [5.41, 5.74) is 30.3. The summed E-state index contributed by atoms with van der Waals surface area (Å²) in [6.07, 6.45) is 17.9. The Morgan fingerprint density at radius 1 is 0.600 bits per heavy atom. The predicted octanol–water partition coefficient (Wildman–Crippen LogP) is 7.59. The molecule has 10 heterocycles. The second-order valence-electron chi connectivity index (χ2n) is 17.7. The maximum atomic E-state index is 8.91. The van der Waals surface area contributed by atoms with Crippen molar-refractivity contribution in [1.82, 2.24) is 49.4 Å². The zero-order valence-electron chi connectivity index (χ0n) is 35.8. The van der Waals surface area contributed by atoms with Gasteiger partial charge in [-0.15, -0.1) is 4.99 Å². The normalized spacial score (nSPS) is 22.4. The summed E-state index contributed by atoms with van der Waals surface area (Å²) in [7, 11) is 0. The molecule has 15 nitrogen and oxygen atoms in total. The number of piperidine rings is 2. The molecule has 324 valence electrons. The number of aromatic nitrogens is 8. The maximum absolute atomic E-state index is 8.91. The van der Waals surface area contributed by atoms with Crippen LogP contribution >= 0.6 is 0 Å². The molecule has 4 aliphatic heterocycles. The van der Waals surface area contributed by atoms with Crippen molar-refractivity contribution < 1.29 is 0 Å². The Kier molecular flexibility index (Phi) is 10.4. The Bertz CT molecular complexity index is 3040. The largest absolute Gasteiger partial charge is 0.384 e. The van der Waals surface area contributed by atoms with Crippen molar-refractivity contribution in [1.29, 1.82) is 5.26 Å². The van der Waals surface area contributed by atoms with E-state index in [1.807, 2.05) is 104 Å². The molecule has 4 aliphatic rings. The van der Waals surface area contributed by atoms with Gasteiger partial charge in [0.2, 0.25) is 12.2 Å². The van der Waals surface area contributed by atoms with Gasteiger partial charge in [0.05, 0.1) is 23.8 Å². The Balaban J connectivity index is 0.000000146. The van der Waals surface area contributed by atoms with E-state index < -0.39 is 0 Å². The van der Waals surface area contributed by atoms with Crippen LogP contribution in [0.1, 0.15) is 74.6 Å². The minimum Gasteiger partial charge on any atom is -0.384 e. The highest BCUT2D eigenvalue weighted by Gasteiger charge is 2.43. The standard InChI is InChI=1S/C26H25N9.C24H24N6/c27-15-31-26(29)34-19-7-8-20(34)11-18(10-19)23-12-24(28)35-25(33-23)21(14-32-35)17-6-9-22(30-13-17)16-4-2-1-3-5-16;25-23-12-22(17-10-18-7-8-19(11-17)28-18)29-24-20(14-27-30(23)24)16-6-9-21(26-13-16)15-4-2-1-3-5-15/h1-6,9,12-14,18-20H,7-8,10-11,28H2,(H2,29,31);1-6,9,12-14,17-19,28H,7-8,10-11,25H2/t18?,19-,20+;17?,18-,19+. The van der Waals surface area contributed by atoms with Crippen molar-refractivity contribution in [3.63, 3.8) is 0 Å². The third kappa shape index (κ3) is 7.65. The Hall–Kier alpha value is -7.70.